The summed E-state index contributed by atoms with van der Waals surface area (Å²) in [4.78, 5) is 1.38. The quantitative estimate of drug-likeness (QED) is 0.876. The Balaban J connectivity index is 2.08. The number of nitrogens with two attached hydrogens (primary N) is 1. The highest BCUT2D eigenvalue weighted by atomic mass is 35.5. The Hall–Kier alpha value is -1.66. The molecule has 17 heavy (non-hydrogen) atoms. The largest absolute Gasteiger partial charge is 0.485 e. The van der Waals surface area contributed by atoms with Crippen LogP contribution >= 0.6 is 11.6 Å². The van der Waals surface area contributed by atoms with Crippen molar-refractivity contribution in [3.8, 4) is 5.75 Å². The van der Waals surface area contributed by atoms with Gasteiger partial charge in [-0.05, 0) is 23.4 Å². The Kier molecular flexibility index (Phi) is 3.55. The van der Waals surface area contributed by atoms with Crippen LogP contribution in [0.4, 0.5) is 0 Å². The highest BCUT2D eigenvalue weighted by Crippen LogP contribution is 2.22. The predicted octanol–water partition coefficient (Wildman–Crippen LogP) is 0.901. The summed E-state index contributed by atoms with van der Waals surface area (Å²) in [6, 6.07) is 5.31. The van der Waals surface area contributed by atoms with E-state index in [4.69, 9.17) is 22.1 Å². The second-order valence-electron chi connectivity index (χ2n) is 3.44. The van der Waals surface area contributed by atoms with Gasteiger partial charge in [-0.25, -0.2) is 0 Å². The number of nitrogens with zero attached hydrogens (tertiary/aromatic N) is 4. The van der Waals surface area contributed by atoms with E-state index in [2.05, 4.69) is 15.4 Å². The third-order valence-corrected chi connectivity index (χ3v) is 2.38. The SMILES string of the molecule is Cn1nnc(COc2ccc(Cl)cc2CN)n1. The summed E-state index contributed by atoms with van der Waals surface area (Å²) >= 11 is 5.87. The minimum Gasteiger partial charge on any atom is -0.485 e. The Bertz CT molecular complexity index is 513. The zero-order valence-corrected chi connectivity index (χ0v) is 10.1. The van der Waals surface area contributed by atoms with Gasteiger partial charge in [-0.1, -0.05) is 11.6 Å². The molecule has 2 rings (SSSR count). The van der Waals surface area contributed by atoms with Crippen molar-refractivity contribution in [3.63, 3.8) is 0 Å². The minimum absolute atomic E-state index is 0.252. The maximum absolute atomic E-state index is 5.87. The minimum atomic E-state index is 0.252. The van der Waals surface area contributed by atoms with Gasteiger partial charge in [-0.2, -0.15) is 4.80 Å². The van der Waals surface area contributed by atoms with Crippen LogP contribution in [-0.4, -0.2) is 20.2 Å². The maximum atomic E-state index is 5.87. The molecule has 0 spiro atoms. The number of halogens is 1. The number of aryl methyl sites for hydroxylation is 1. The van der Waals surface area contributed by atoms with Crippen LogP contribution in [-0.2, 0) is 20.2 Å². The van der Waals surface area contributed by atoms with Gasteiger partial charge in [0, 0.05) is 17.1 Å². The number of rotatable bonds is 4. The molecular formula is C10H12ClN5O. The molecular weight excluding hydrogens is 242 g/mol. The summed E-state index contributed by atoms with van der Waals surface area (Å²) in [5, 5.41) is 12.2. The molecule has 0 aliphatic carbocycles. The van der Waals surface area contributed by atoms with Crippen molar-refractivity contribution in [1.82, 2.24) is 20.2 Å². The Morgan fingerprint density at radius 2 is 2.29 bits per heavy atom. The van der Waals surface area contributed by atoms with E-state index in [0.717, 1.165) is 5.56 Å². The standard InChI is InChI=1S/C10H12ClN5O/c1-16-14-10(13-15-16)6-17-9-3-2-8(11)4-7(9)5-12/h2-4H,5-6,12H2,1H3. The molecule has 0 atom stereocenters. The van der Waals surface area contributed by atoms with Crippen molar-refractivity contribution >= 4 is 11.6 Å². The lowest BCUT2D eigenvalue weighted by Crippen LogP contribution is -2.04. The number of benzene rings is 1. The van der Waals surface area contributed by atoms with Crippen molar-refractivity contribution in [3.05, 3.63) is 34.6 Å². The van der Waals surface area contributed by atoms with Gasteiger partial charge in [0.05, 0.1) is 7.05 Å². The third kappa shape index (κ3) is 2.92. The molecule has 2 aromatic rings. The highest BCUT2D eigenvalue weighted by molar-refractivity contribution is 6.30. The van der Waals surface area contributed by atoms with Crippen LogP contribution in [0.2, 0.25) is 5.02 Å². The van der Waals surface area contributed by atoms with E-state index in [-0.39, 0.29) is 6.61 Å². The first kappa shape index (κ1) is 11.8. The summed E-state index contributed by atoms with van der Waals surface area (Å²) < 4.78 is 5.57. The lowest BCUT2D eigenvalue weighted by molar-refractivity contribution is 0.292. The average molecular weight is 254 g/mol. The topological polar surface area (TPSA) is 78.8 Å². The van der Waals surface area contributed by atoms with E-state index in [1.54, 1.807) is 25.2 Å². The molecule has 1 heterocycles. The van der Waals surface area contributed by atoms with Crippen LogP contribution < -0.4 is 10.5 Å². The molecule has 0 amide bonds. The molecule has 0 saturated carbocycles. The number of hydrogen-bond acceptors (Lipinski definition) is 5. The molecule has 0 aliphatic rings. The van der Waals surface area contributed by atoms with Crippen molar-refractivity contribution < 1.29 is 4.74 Å². The number of tetrazole rings is 1. The van der Waals surface area contributed by atoms with Crippen LogP contribution in [0.1, 0.15) is 11.4 Å². The second kappa shape index (κ2) is 5.11. The molecule has 0 bridgehead atoms. The van der Waals surface area contributed by atoms with Crippen molar-refractivity contribution in [1.29, 1.82) is 0 Å². The average Bonchev–Trinajstić information content (AvgIpc) is 2.73. The predicted molar refractivity (Wildman–Crippen MR) is 62.5 cm³/mol. The molecule has 1 aromatic heterocycles. The van der Waals surface area contributed by atoms with Gasteiger partial charge in [0.15, 0.2) is 6.61 Å². The number of ether oxygens (including phenoxy) is 1. The molecule has 2 N–H and O–H groups in total. The maximum Gasteiger partial charge on any atom is 0.212 e. The smallest absolute Gasteiger partial charge is 0.212 e. The van der Waals surface area contributed by atoms with E-state index in [9.17, 15) is 0 Å². The van der Waals surface area contributed by atoms with Gasteiger partial charge >= 0.3 is 0 Å². The summed E-state index contributed by atoms with van der Waals surface area (Å²) in [5.41, 5.74) is 6.45. The van der Waals surface area contributed by atoms with E-state index >= 15 is 0 Å². The molecule has 7 heteroatoms. The number of aromatic nitrogens is 4. The Morgan fingerprint density at radius 1 is 1.47 bits per heavy atom. The molecule has 0 fully saturated rings. The second-order valence-corrected chi connectivity index (χ2v) is 3.88. The zero-order valence-electron chi connectivity index (χ0n) is 9.30. The fourth-order valence-corrected chi connectivity index (χ4v) is 1.57. The molecule has 90 valence electrons. The first-order chi connectivity index (χ1) is 8.19. The summed E-state index contributed by atoms with van der Waals surface area (Å²) in [5.74, 6) is 1.20. The van der Waals surface area contributed by atoms with Crippen LogP contribution in [0.5, 0.6) is 5.75 Å². The lowest BCUT2D eigenvalue weighted by Gasteiger charge is -2.08. The fourth-order valence-electron chi connectivity index (χ4n) is 1.37. The van der Waals surface area contributed by atoms with E-state index in [1.807, 2.05) is 0 Å². The summed E-state index contributed by atoms with van der Waals surface area (Å²) in [7, 11) is 1.70. The Labute approximate surface area is 103 Å². The van der Waals surface area contributed by atoms with Gasteiger partial charge in [0.2, 0.25) is 5.82 Å². The number of hydrogen-bond donors (Lipinski definition) is 1. The molecule has 1 aromatic carbocycles. The summed E-state index contributed by atoms with van der Waals surface area (Å²) in [6.45, 7) is 0.617. The molecule has 0 radical (unpaired) electrons. The van der Waals surface area contributed by atoms with E-state index in [1.165, 1.54) is 4.80 Å². The first-order valence-corrected chi connectivity index (χ1v) is 5.41. The lowest BCUT2D eigenvalue weighted by atomic mass is 10.2. The third-order valence-electron chi connectivity index (χ3n) is 2.15. The van der Waals surface area contributed by atoms with Gasteiger partial charge in [0.1, 0.15) is 5.75 Å². The van der Waals surface area contributed by atoms with Crippen molar-refractivity contribution in [2.24, 2.45) is 12.8 Å². The Morgan fingerprint density at radius 3 is 2.94 bits per heavy atom. The van der Waals surface area contributed by atoms with Gasteiger partial charge in [0.25, 0.3) is 0 Å². The van der Waals surface area contributed by atoms with Crippen molar-refractivity contribution in [2.45, 2.75) is 13.2 Å². The molecule has 6 nitrogen and oxygen atoms in total. The van der Waals surface area contributed by atoms with E-state index < -0.39 is 0 Å². The van der Waals surface area contributed by atoms with Crippen LogP contribution in [0.25, 0.3) is 0 Å². The van der Waals surface area contributed by atoms with Crippen LogP contribution in [0, 0.1) is 0 Å². The van der Waals surface area contributed by atoms with Gasteiger partial charge < -0.3 is 10.5 Å². The molecule has 0 aliphatic heterocycles. The van der Waals surface area contributed by atoms with Gasteiger partial charge in [-0.15, -0.1) is 10.2 Å². The molecule has 0 saturated heterocycles. The van der Waals surface area contributed by atoms with Gasteiger partial charge in [-0.3, -0.25) is 0 Å². The first-order valence-electron chi connectivity index (χ1n) is 5.03. The van der Waals surface area contributed by atoms with Crippen molar-refractivity contribution in [2.75, 3.05) is 0 Å². The molecule has 0 unspecified atom stereocenters. The van der Waals surface area contributed by atoms with Crippen LogP contribution in [0.15, 0.2) is 18.2 Å². The highest BCUT2D eigenvalue weighted by Gasteiger charge is 2.06. The normalized spacial score (nSPS) is 10.5. The van der Waals surface area contributed by atoms with Crippen LogP contribution in [0.3, 0.4) is 0 Å². The zero-order chi connectivity index (χ0) is 12.3. The monoisotopic (exact) mass is 253 g/mol. The van der Waals surface area contributed by atoms with E-state index in [0.29, 0.717) is 23.1 Å². The summed E-state index contributed by atoms with van der Waals surface area (Å²) in [6.07, 6.45) is 0. The fraction of sp³-hybridized carbons (Fsp3) is 0.300.